The van der Waals surface area contributed by atoms with Crippen molar-refractivity contribution in [1.82, 2.24) is 45.4 Å². The second kappa shape index (κ2) is 23.6. The number of aromatic nitrogens is 1. The highest BCUT2D eigenvalue weighted by atomic mass is 19.3. The first-order valence-corrected chi connectivity index (χ1v) is 22.2. The Hall–Kier alpha value is -5.56. The summed E-state index contributed by atoms with van der Waals surface area (Å²) in [6, 6.07) is 6.91. The number of carbonyl (C=O) groups is 6. The van der Waals surface area contributed by atoms with E-state index in [0.29, 0.717) is 114 Å². The van der Waals surface area contributed by atoms with Gasteiger partial charge in [-0.2, -0.15) is 5.26 Å². The Morgan fingerprint density at radius 2 is 1.65 bits per heavy atom. The number of carbonyl (C=O) groups excluding carboxylic acids is 4. The lowest BCUT2D eigenvalue weighted by atomic mass is 9.89. The second-order valence-electron chi connectivity index (χ2n) is 17.3. The number of hydrogen-bond acceptors (Lipinski definition) is 13. The molecule has 3 aliphatic rings. The average Bonchev–Trinajstić information content (AvgIpc) is 3.79. The van der Waals surface area contributed by atoms with E-state index in [4.69, 9.17) is 4.74 Å². The summed E-state index contributed by atoms with van der Waals surface area (Å²) in [5.74, 6) is -6.12. The number of likely N-dealkylation sites (tertiary alicyclic amines) is 2. The second-order valence-corrected chi connectivity index (χ2v) is 17.3. The summed E-state index contributed by atoms with van der Waals surface area (Å²) in [4.78, 5) is 87.5. The van der Waals surface area contributed by atoms with Crippen molar-refractivity contribution in [3.63, 3.8) is 0 Å². The lowest BCUT2D eigenvalue weighted by Crippen LogP contribution is -2.58. The smallest absolute Gasteiger partial charge is 0.317 e. The standard InChI is InChI=1S/C44H62F2N10O9/c1-3-52(2)43(28-54(26-40(60)61)17-18-55(29-43)27-41(62)63)13-5-4-8-37(57)51-31-12-16-53(24-31)25-38(58)49-14-6-7-19-65-33-9-10-36-35(20-33)34(11-15-48-36)42(64)50-23-39(59)56-30-44(45,46)21-32(56)22-47/h9-11,15,20,31-32H,3-8,12-14,16-19,21,23-30H2,1-2H3,(H,49,58)(H,50,64)(H,51,57)(H,60,61)(H,62,63). The quantitative estimate of drug-likeness (QED) is 0.0986. The molecule has 5 rings (SSSR count). The van der Waals surface area contributed by atoms with Crippen LogP contribution in [0.1, 0.15) is 68.6 Å². The number of amides is 4. The Morgan fingerprint density at radius 3 is 2.32 bits per heavy atom. The van der Waals surface area contributed by atoms with E-state index in [1.54, 1.807) is 24.3 Å². The molecule has 1 aromatic carbocycles. The van der Waals surface area contributed by atoms with Gasteiger partial charge in [-0.15, -0.1) is 0 Å². The van der Waals surface area contributed by atoms with Gasteiger partial charge in [-0.25, -0.2) is 8.78 Å². The van der Waals surface area contributed by atoms with E-state index in [1.165, 1.54) is 12.3 Å². The van der Waals surface area contributed by atoms with Gasteiger partial charge in [0, 0.05) is 81.8 Å². The summed E-state index contributed by atoms with van der Waals surface area (Å²) < 4.78 is 33.5. The van der Waals surface area contributed by atoms with E-state index < -0.39 is 60.8 Å². The Bertz CT molecular complexity index is 2030. The van der Waals surface area contributed by atoms with Crippen molar-refractivity contribution in [1.29, 1.82) is 5.26 Å². The topological polar surface area (TPSA) is 241 Å². The minimum absolute atomic E-state index is 0.0653. The number of carboxylic acids is 2. The molecule has 2 atom stereocenters. The number of aliphatic carboxylic acids is 2. The normalized spacial score (nSPS) is 20.0. The molecule has 21 heteroatoms. The molecule has 65 heavy (non-hydrogen) atoms. The molecule has 4 amide bonds. The van der Waals surface area contributed by atoms with Gasteiger partial charge in [0.25, 0.3) is 11.8 Å². The number of nitrogens with zero attached hydrogens (tertiary/aromatic N) is 7. The molecule has 3 saturated heterocycles. The third-order valence-electron chi connectivity index (χ3n) is 12.3. The third-order valence-corrected chi connectivity index (χ3v) is 12.3. The maximum Gasteiger partial charge on any atom is 0.317 e. The predicted octanol–water partition coefficient (Wildman–Crippen LogP) is 1.23. The number of alkyl halides is 2. The van der Waals surface area contributed by atoms with Crippen molar-refractivity contribution in [2.45, 2.75) is 81.8 Å². The Morgan fingerprint density at radius 1 is 0.923 bits per heavy atom. The molecule has 0 bridgehead atoms. The molecule has 0 spiro atoms. The molecular formula is C44H62F2N10O9. The van der Waals surface area contributed by atoms with Gasteiger partial charge in [0.2, 0.25) is 17.7 Å². The fourth-order valence-electron chi connectivity index (χ4n) is 8.90. The first-order valence-electron chi connectivity index (χ1n) is 22.2. The zero-order chi connectivity index (χ0) is 47.1. The molecular weight excluding hydrogens is 851 g/mol. The molecule has 2 unspecified atom stereocenters. The van der Waals surface area contributed by atoms with Crippen LogP contribution >= 0.6 is 0 Å². The lowest BCUT2D eigenvalue weighted by molar-refractivity contribution is -0.139. The van der Waals surface area contributed by atoms with Crippen LogP contribution in [-0.4, -0.2) is 198 Å². The molecule has 0 aliphatic carbocycles. The summed E-state index contributed by atoms with van der Waals surface area (Å²) in [5.41, 5.74) is 0.239. The van der Waals surface area contributed by atoms with Crippen molar-refractivity contribution in [3.05, 3.63) is 36.0 Å². The molecule has 356 valence electrons. The number of hydrogen-bond donors (Lipinski definition) is 5. The molecule has 1 aromatic heterocycles. The molecule has 5 N–H and O–H groups in total. The number of likely N-dealkylation sites (N-methyl/N-ethyl adjacent to an activating group) is 1. The van der Waals surface area contributed by atoms with Crippen LogP contribution in [0.5, 0.6) is 5.75 Å². The summed E-state index contributed by atoms with van der Waals surface area (Å²) in [5, 5.41) is 37.2. The minimum atomic E-state index is -3.16. The Kier molecular flexibility index (Phi) is 18.3. The van der Waals surface area contributed by atoms with Gasteiger partial charge in [0.15, 0.2) is 0 Å². The molecule has 0 radical (unpaired) electrons. The van der Waals surface area contributed by atoms with Crippen LogP contribution in [0.2, 0.25) is 0 Å². The van der Waals surface area contributed by atoms with E-state index in [2.05, 4.69) is 25.8 Å². The van der Waals surface area contributed by atoms with Crippen LogP contribution in [0, 0.1) is 11.3 Å². The number of unbranched alkanes of at least 4 members (excludes halogenated alkanes) is 2. The summed E-state index contributed by atoms with van der Waals surface area (Å²) in [6.45, 7) is 5.13. The van der Waals surface area contributed by atoms with Crippen LogP contribution in [0.15, 0.2) is 30.5 Å². The molecule has 3 aliphatic heterocycles. The van der Waals surface area contributed by atoms with Gasteiger partial charge in [0.1, 0.15) is 11.8 Å². The Labute approximate surface area is 377 Å². The van der Waals surface area contributed by atoms with Crippen molar-refractivity contribution in [2.75, 3.05) is 98.7 Å². The van der Waals surface area contributed by atoms with Crippen molar-refractivity contribution in [3.8, 4) is 11.8 Å². The minimum Gasteiger partial charge on any atom is -0.494 e. The molecule has 2 aromatic rings. The van der Waals surface area contributed by atoms with Crippen LogP contribution in [0.25, 0.3) is 10.9 Å². The fourth-order valence-corrected chi connectivity index (χ4v) is 8.90. The summed E-state index contributed by atoms with van der Waals surface area (Å²) >= 11 is 0. The van der Waals surface area contributed by atoms with Gasteiger partial charge in [-0.3, -0.25) is 53.4 Å². The number of nitrogens with one attached hydrogen (secondary N) is 3. The zero-order valence-electron chi connectivity index (χ0n) is 37.2. The van der Waals surface area contributed by atoms with Crippen LogP contribution < -0.4 is 20.7 Å². The fraction of sp³-hybridized carbons (Fsp3) is 0.636. The van der Waals surface area contributed by atoms with Crippen molar-refractivity contribution >= 4 is 46.5 Å². The van der Waals surface area contributed by atoms with Gasteiger partial charge in [0.05, 0.1) is 56.5 Å². The van der Waals surface area contributed by atoms with Crippen LogP contribution in [0.4, 0.5) is 8.78 Å². The zero-order valence-corrected chi connectivity index (χ0v) is 37.2. The van der Waals surface area contributed by atoms with Crippen LogP contribution in [-0.2, 0) is 24.0 Å². The summed E-state index contributed by atoms with van der Waals surface area (Å²) in [7, 11) is 1.98. The highest BCUT2D eigenvalue weighted by Crippen LogP contribution is 2.32. The number of rotatable bonds is 23. The number of carboxylic acid groups (broad SMARTS) is 2. The van der Waals surface area contributed by atoms with E-state index in [0.717, 1.165) is 11.3 Å². The SMILES string of the molecule is CCN(C)C1(CCCCC(=O)NC2CCN(CC(=O)NCCCCOc3ccc4nccc(C(=O)NCC(=O)N5CC(F)(F)CC5C#N)c4c3)C2)CN(CC(=O)O)CCN(CC(=O)O)C1. The van der Waals surface area contributed by atoms with Gasteiger partial charge in [-0.05, 0) is 70.0 Å². The molecule has 19 nitrogen and oxygen atoms in total. The Balaban J connectivity index is 0.973. The van der Waals surface area contributed by atoms with Gasteiger partial charge in [-0.1, -0.05) is 13.3 Å². The first-order chi connectivity index (χ1) is 31.0. The number of ether oxygens (including phenoxy) is 1. The van der Waals surface area contributed by atoms with E-state index >= 15 is 0 Å². The number of halogens is 2. The number of fused-ring (bicyclic) bond motifs is 1. The molecule has 3 fully saturated rings. The number of nitriles is 1. The average molecular weight is 913 g/mol. The van der Waals surface area contributed by atoms with E-state index in [-0.39, 0.29) is 43.1 Å². The third kappa shape index (κ3) is 15.0. The highest BCUT2D eigenvalue weighted by molar-refractivity contribution is 6.07. The lowest BCUT2D eigenvalue weighted by Gasteiger charge is -2.44. The van der Waals surface area contributed by atoms with E-state index in [9.17, 15) is 53.0 Å². The van der Waals surface area contributed by atoms with Crippen LogP contribution in [0.3, 0.4) is 0 Å². The molecule has 4 heterocycles. The largest absolute Gasteiger partial charge is 0.494 e. The van der Waals surface area contributed by atoms with Crippen molar-refractivity contribution < 1.29 is 52.5 Å². The maximum absolute atomic E-state index is 13.8. The maximum atomic E-state index is 13.8. The monoisotopic (exact) mass is 912 g/mol. The van der Waals surface area contributed by atoms with Gasteiger partial charge >= 0.3 is 11.9 Å². The number of pyridine rings is 1. The van der Waals surface area contributed by atoms with E-state index in [1.807, 2.05) is 28.7 Å². The predicted molar refractivity (Wildman–Crippen MR) is 233 cm³/mol. The number of benzene rings is 1. The molecule has 0 saturated carbocycles. The first kappa shape index (κ1) is 50.4. The summed E-state index contributed by atoms with van der Waals surface area (Å²) in [6.07, 6.45) is 5.03. The van der Waals surface area contributed by atoms with Gasteiger partial charge < -0.3 is 35.8 Å². The highest BCUT2D eigenvalue weighted by Gasteiger charge is 2.47. The van der Waals surface area contributed by atoms with Crippen molar-refractivity contribution in [2.24, 2.45) is 0 Å².